The second kappa shape index (κ2) is 6.84. The van der Waals surface area contributed by atoms with Gasteiger partial charge in [0, 0.05) is 11.6 Å². The summed E-state index contributed by atoms with van der Waals surface area (Å²) in [6, 6.07) is 4.13. The molecule has 1 N–H and O–H groups in total. The van der Waals surface area contributed by atoms with E-state index >= 15 is 0 Å². The first-order chi connectivity index (χ1) is 9.46. The highest BCUT2D eigenvalue weighted by molar-refractivity contribution is 5.57. The van der Waals surface area contributed by atoms with Crippen molar-refractivity contribution in [3.63, 3.8) is 0 Å². The van der Waals surface area contributed by atoms with Crippen LogP contribution in [0.1, 0.15) is 38.8 Å². The second-order valence-corrected chi connectivity index (χ2v) is 5.49. The zero-order valence-corrected chi connectivity index (χ0v) is 13.7. The minimum absolute atomic E-state index is 0.0988. The average Bonchev–Trinajstić information content (AvgIpc) is 2.46. The molecular formula is C16H27NO3. The van der Waals surface area contributed by atoms with Gasteiger partial charge in [-0.15, -0.1) is 0 Å². The minimum atomic E-state index is 0.0988. The molecule has 0 saturated carbocycles. The van der Waals surface area contributed by atoms with E-state index in [1.54, 1.807) is 21.3 Å². The van der Waals surface area contributed by atoms with Crippen molar-refractivity contribution in [2.75, 3.05) is 28.4 Å². The minimum Gasteiger partial charge on any atom is -0.493 e. The van der Waals surface area contributed by atoms with Crippen molar-refractivity contribution in [1.29, 1.82) is 0 Å². The summed E-state index contributed by atoms with van der Waals surface area (Å²) in [4.78, 5) is 0. The van der Waals surface area contributed by atoms with Crippen LogP contribution < -0.4 is 19.5 Å². The fourth-order valence-corrected chi connectivity index (χ4v) is 2.52. The quantitative estimate of drug-likeness (QED) is 0.831. The van der Waals surface area contributed by atoms with Crippen molar-refractivity contribution in [3.8, 4) is 17.2 Å². The monoisotopic (exact) mass is 281 g/mol. The number of rotatable bonds is 7. The second-order valence-electron chi connectivity index (χ2n) is 5.49. The number of nitrogens with one attached hydrogen (secondary N) is 1. The maximum atomic E-state index is 5.59. The highest BCUT2D eigenvalue weighted by Gasteiger charge is 2.32. The van der Waals surface area contributed by atoms with Gasteiger partial charge in [0.2, 0.25) is 5.75 Å². The first-order valence-corrected chi connectivity index (χ1v) is 6.92. The van der Waals surface area contributed by atoms with E-state index in [-0.39, 0.29) is 11.5 Å². The molecule has 4 nitrogen and oxygen atoms in total. The van der Waals surface area contributed by atoms with E-state index in [9.17, 15) is 0 Å². The molecule has 1 aromatic carbocycles. The Balaban J connectivity index is 3.44. The topological polar surface area (TPSA) is 39.7 Å². The molecule has 0 heterocycles. The van der Waals surface area contributed by atoms with Gasteiger partial charge in [-0.25, -0.2) is 0 Å². The summed E-state index contributed by atoms with van der Waals surface area (Å²) in [6.07, 6.45) is 1.05. The molecule has 0 bridgehead atoms. The molecule has 1 rings (SSSR count). The van der Waals surface area contributed by atoms with Gasteiger partial charge in [0.25, 0.3) is 0 Å². The average molecular weight is 281 g/mol. The third-order valence-corrected chi connectivity index (χ3v) is 4.03. The van der Waals surface area contributed by atoms with Gasteiger partial charge in [-0.2, -0.15) is 0 Å². The van der Waals surface area contributed by atoms with Crippen molar-refractivity contribution >= 4 is 0 Å². The van der Waals surface area contributed by atoms with Crippen LogP contribution in [0, 0.1) is 5.41 Å². The number of methoxy groups -OCH3 is 3. The summed E-state index contributed by atoms with van der Waals surface area (Å²) in [6.45, 7) is 6.67. The standard InChI is InChI=1S/C16H27NO3/c1-8-16(2,3)15(17-4)11-9-10-12(18-5)14(20-7)13(11)19-6/h9-10,15,17H,8H2,1-7H3. The lowest BCUT2D eigenvalue weighted by Gasteiger charge is -2.35. The molecule has 20 heavy (non-hydrogen) atoms. The van der Waals surface area contributed by atoms with Crippen LogP contribution in [0.15, 0.2) is 12.1 Å². The third kappa shape index (κ3) is 3.01. The Morgan fingerprint density at radius 2 is 1.65 bits per heavy atom. The summed E-state index contributed by atoms with van der Waals surface area (Å²) in [5.74, 6) is 2.05. The normalized spacial score (nSPS) is 12.9. The fraction of sp³-hybridized carbons (Fsp3) is 0.625. The number of hydrogen-bond acceptors (Lipinski definition) is 4. The van der Waals surface area contributed by atoms with Crippen LogP contribution in [0.4, 0.5) is 0 Å². The summed E-state index contributed by atoms with van der Waals surface area (Å²) >= 11 is 0. The van der Waals surface area contributed by atoms with E-state index in [4.69, 9.17) is 14.2 Å². The predicted octanol–water partition coefficient (Wildman–Crippen LogP) is 3.41. The van der Waals surface area contributed by atoms with Crippen molar-refractivity contribution < 1.29 is 14.2 Å². The molecule has 0 saturated heterocycles. The Kier molecular flexibility index (Phi) is 5.69. The molecule has 0 aliphatic heterocycles. The largest absolute Gasteiger partial charge is 0.493 e. The first-order valence-electron chi connectivity index (χ1n) is 6.92. The van der Waals surface area contributed by atoms with E-state index in [2.05, 4.69) is 26.1 Å². The van der Waals surface area contributed by atoms with E-state index in [0.717, 1.165) is 17.7 Å². The number of hydrogen-bond donors (Lipinski definition) is 1. The van der Waals surface area contributed by atoms with Crippen molar-refractivity contribution in [2.45, 2.75) is 33.2 Å². The van der Waals surface area contributed by atoms with Crippen LogP contribution >= 0.6 is 0 Å². The molecule has 0 aliphatic rings. The summed E-state index contributed by atoms with van der Waals surface area (Å²) in [5, 5.41) is 3.40. The molecule has 4 heteroatoms. The van der Waals surface area contributed by atoms with Crippen LogP contribution in [0.25, 0.3) is 0 Å². The Bertz CT molecular complexity index is 444. The fourth-order valence-electron chi connectivity index (χ4n) is 2.52. The number of benzene rings is 1. The van der Waals surface area contributed by atoms with Crippen LogP contribution in [-0.4, -0.2) is 28.4 Å². The third-order valence-electron chi connectivity index (χ3n) is 4.03. The molecule has 0 aromatic heterocycles. The maximum Gasteiger partial charge on any atom is 0.203 e. The summed E-state index contributed by atoms with van der Waals surface area (Å²) in [7, 11) is 6.89. The number of ether oxygens (including phenoxy) is 3. The maximum absolute atomic E-state index is 5.59. The zero-order chi connectivity index (χ0) is 15.3. The SMILES string of the molecule is CCC(C)(C)C(NC)c1ccc(OC)c(OC)c1OC. The van der Waals surface area contributed by atoms with Crippen LogP contribution in [0.3, 0.4) is 0 Å². The molecule has 0 radical (unpaired) electrons. The molecule has 0 aliphatic carbocycles. The first kappa shape index (κ1) is 16.6. The Labute approximate surface area is 122 Å². The van der Waals surface area contributed by atoms with E-state index in [0.29, 0.717) is 11.5 Å². The van der Waals surface area contributed by atoms with Crippen LogP contribution in [0.2, 0.25) is 0 Å². The van der Waals surface area contributed by atoms with Gasteiger partial charge in [0.15, 0.2) is 11.5 Å². The lowest BCUT2D eigenvalue weighted by atomic mass is 9.78. The van der Waals surface area contributed by atoms with Crippen LogP contribution in [-0.2, 0) is 0 Å². The van der Waals surface area contributed by atoms with Gasteiger partial charge in [0.1, 0.15) is 0 Å². The predicted molar refractivity (Wildman–Crippen MR) is 82.0 cm³/mol. The summed E-state index contributed by atoms with van der Waals surface area (Å²) < 4.78 is 16.4. The van der Waals surface area contributed by atoms with E-state index in [1.165, 1.54) is 0 Å². The van der Waals surface area contributed by atoms with Crippen LogP contribution in [0.5, 0.6) is 17.2 Å². The highest BCUT2D eigenvalue weighted by atomic mass is 16.5. The molecular weight excluding hydrogens is 254 g/mol. The molecule has 1 atom stereocenters. The molecule has 0 spiro atoms. The highest BCUT2D eigenvalue weighted by Crippen LogP contribution is 2.46. The van der Waals surface area contributed by atoms with Gasteiger partial charge in [-0.3, -0.25) is 0 Å². The van der Waals surface area contributed by atoms with Crippen molar-refractivity contribution in [1.82, 2.24) is 5.32 Å². The molecule has 114 valence electrons. The smallest absolute Gasteiger partial charge is 0.203 e. The van der Waals surface area contributed by atoms with E-state index < -0.39 is 0 Å². The van der Waals surface area contributed by atoms with Gasteiger partial charge >= 0.3 is 0 Å². The summed E-state index contributed by atoms with van der Waals surface area (Å²) in [5.41, 5.74) is 1.18. The lowest BCUT2D eigenvalue weighted by Crippen LogP contribution is -2.32. The molecule has 1 aromatic rings. The molecule has 1 unspecified atom stereocenters. The lowest BCUT2D eigenvalue weighted by molar-refractivity contribution is 0.236. The van der Waals surface area contributed by atoms with Crippen molar-refractivity contribution in [2.24, 2.45) is 5.41 Å². The van der Waals surface area contributed by atoms with Crippen molar-refractivity contribution in [3.05, 3.63) is 17.7 Å². The molecule has 0 amide bonds. The van der Waals surface area contributed by atoms with Gasteiger partial charge in [0.05, 0.1) is 21.3 Å². The Morgan fingerprint density at radius 3 is 2.05 bits per heavy atom. The Morgan fingerprint density at radius 1 is 1.05 bits per heavy atom. The van der Waals surface area contributed by atoms with Gasteiger partial charge < -0.3 is 19.5 Å². The zero-order valence-electron chi connectivity index (χ0n) is 13.7. The van der Waals surface area contributed by atoms with E-state index in [1.807, 2.05) is 19.2 Å². The Hall–Kier alpha value is -1.42. The molecule has 0 fully saturated rings. The van der Waals surface area contributed by atoms with Gasteiger partial charge in [-0.1, -0.05) is 20.8 Å². The van der Waals surface area contributed by atoms with Gasteiger partial charge in [-0.05, 0) is 31.0 Å².